The number of hydrogen-bond acceptors (Lipinski definition) is 4. The molecule has 4 nitrogen and oxygen atoms in total. The van der Waals surface area contributed by atoms with Crippen molar-refractivity contribution >= 4 is 43.5 Å². The number of carbonyl (C=O) groups excluding carboxylic acids is 2. The van der Waals surface area contributed by atoms with Crippen LogP contribution in [0.3, 0.4) is 0 Å². The predicted octanol–water partition coefficient (Wildman–Crippen LogP) is 3.17. The number of rotatable bonds is 7. The molecule has 0 aromatic heterocycles. The molecule has 0 saturated carbocycles. The molecule has 0 spiro atoms. The molecule has 0 radical (unpaired) electrons. The van der Waals surface area contributed by atoms with E-state index in [1.54, 1.807) is 13.8 Å². The summed E-state index contributed by atoms with van der Waals surface area (Å²) >= 11 is -2.59. The van der Waals surface area contributed by atoms with Crippen LogP contribution in [0.15, 0.2) is 103 Å². The van der Waals surface area contributed by atoms with Crippen molar-refractivity contribution in [1.29, 1.82) is 0 Å². The van der Waals surface area contributed by atoms with Crippen LogP contribution in [0.5, 0.6) is 11.5 Å². The summed E-state index contributed by atoms with van der Waals surface area (Å²) in [5, 5.41) is 0. The van der Waals surface area contributed by atoms with E-state index in [0.29, 0.717) is 22.6 Å². The van der Waals surface area contributed by atoms with E-state index in [0.717, 1.165) is 0 Å². The first-order valence-corrected chi connectivity index (χ1v) is 14.9. The van der Waals surface area contributed by atoms with Crippen LogP contribution in [-0.4, -0.2) is 33.7 Å². The third-order valence-corrected chi connectivity index (χ3v) is 13.8. The van der Waals surface area contributed by atoms with E-state index >= 15 is 0 Å². The van der Waals surface area contributed by atoms with Crippen molar-refractivity contribution in [3.05, 3.63) is 103 Å². The summed E-state index contributed by atoms with van der Waals surface area (Å²) in [5.41, 5.74) is 0.717. The summed E-state index contributed by atoms with van der Waals surface area (Å²) in [4.78, 5) is 23.5. The van der Waals surface area contributed by atoms with Crippen LogP contribution < -0.4 is 19.3 Å². The predicted molar refractivity (Wildman–Crippen MR) is 125 cm³/mol. The Morgan fingerprint density at radius 2 is 0.968 bits per heavy atom. The zero-order chi connectivity index (χ0) is 22.4. The maximum atomic E-state index is 11.8. The van der Waals surface area contributed by atoms with Gasteiger partial charge in [-0.25, -0.2) is 0 Å². The van der Waals surface area contributed by atoms with Gasteiger partial charge in [0.25, 0.3) is 0 Å². The monoisotopic (exact) mass is 608 g/mol. The van der Waals surface area contributed by atoms with Gasteiger partial charge in [-0.05, 0) is 0 Å². The summed E-state index contributed by atoms with van der Waals surface area (Å²) in [5.74, 6) is 0.122. The van der Waals surface area contributed by atoms with Crippen molar-refractivity contribution in [2.24, 2.45) is 0 Å². The van der Waals surface area contributed by atoms with E-state index in [2.05, 4.69) is 25.3 Å². The minimum absolute atomic E-state index is 0.359. The van der Waals surface area contributed by atoms with E-state index in [1.165, 1.54) is 9.81 Å². The second-order valence-corrected chi connectivity index (χ2v) is 15.6. The van der Waals surface area contributed by atoms with Crippen molar-refractivity contribution < 1.29 is 19.1 Å². The molecule has 31 heavy (non-hydrogen) atoms. The molecule has 0 heterocycles. The van der Waals surface area contributed by atoms with Gasteiger partial charge < -0.3 is 0 Å². The van der Waals surface area contributed by atoms with Crippen LogP contribution >= 0.6 is 0 Å². The van der Waals surface area contributed by atoms with Crippen molar-refractivity contribution in [3.63, 3.8) is 0 Å². The Bertz CT molecular complexity index is 1030. The molecule has 0 fully saturated rings. The molecule has 3 aromatic rings. The van der Waals surface area contributed by atoms with Gasteiger partial charge in [0, 0.05) is 0 Å². The maximum absolute atomic E-state index is 11.8. The molecule has 0 amide bonds. The van der Waals surface area contributed by atoms with E-state index in [1.807, 2.05) is 66.7 Å². The normalized spacial score (nSPS) is 10.4. The van der Waals surface area contributed by atoms with E-state index < -0.39 is 33.7 Å². The fourth-order valence-corrected chi connectivity index (χ4v) is 11.5. The average Bonchev–Trinajstić information content (AvgIpc) is 2.77. The molecular formula is C26H23BiO4. The van der Waals surface area contributed by atoms with Gasteiger partial charge >= 0.3 is 191 Å². The number of esters is 2. The van der Waals surface area contributed by atoms with E-state index in [4.69, 9.17) is 9.47 Å². The quantitative estimate of drug-likeness (QED) is 0.179. The van der Waals surface area contributed by atoms with Gasteiger partial charge in [-0.1, -0.05) is 0 Å². The summed E-state index contributed by atoms with van der Waals surface area (Å²) in [6, 6.07) is 25.8. The second kappa shape index (κ2) is 10.3. The Hall–Kier alpha value is -3.04. The fraction of sp³-hybridized carbons (Fsp3) is 0.0769. The van der Waals surface area contributed by atoms with Crippen molar-refractivity contribution in [1.82, 2.24) is 0 Å². The zero-order valence-electron chi connectivity index (χ0n) is 17.5. The fourth-order valence-electron chi connectivity index (χ4n) is 2.74. The Balaban J connectivity index is 1.91. The molecule has 156 valence electrons. The van der Waals surface area contributed by atoms with Gasteiger partial charge in [-0.15, -0.1) is 0 Å². The van der Waals surface area contributed by atoms with E-state index in [9.17, 15) is 9.59 Å². The van der Waals surface area contributed by atoms with Crippen molar-refractivity contribution in [3.8, 4) is 11.5 Å². The van der Waals surface area contributed by atoms with Gasteiger partial charge in [-0.2, -0.15) is 0 Å². The van der Waals surface area contributed by atoms with Gasteiger partial charge in [0.05, 0.1) is 0 Å². The first-order valence-electron chi connectivity index (χ1n) is 9.66. The molecule has 0 saturated heterocycles. The molecular weight excluding hydrogens is 585 g/mol. The Morgan fingerprint density at radius 1 is 0.613 bits per heavy atom. The molecule has 3 aromatic carbocycles. The molecule has 5 heteroatoms. The number of ether oxygens (including phenoxy) is 2. The number of carbonyl (C=O) groups is 2. The molecule has 0 bridgehead atoms. The van der Waals surface area contributed by atoms with Crippen LogP contribution in [0, 0.1) is 0 Å². The van der Waals surface area contributed by atoms with Crippen LogP contribution in [-0.2, 0) is 9.59 Å². The van der Waals surface area contributed by atoms with Gasteiger partial charge in [0.1, 0.15) is 0 Å². The van der Waals surface area contributed by atoms with E-state index in [-0.39, 0.29) is 0 Å². The van der Waals surface area contributed by atoms with Gasteiger partial charge in [-0.3, -0.25) is 0 Å². The first-order chi connectivity index (χ1) is 14.8. The van der Waals surface area contributed by atoms with Crippen LogP contribution in [0.25, 0.3) is 0 Å². The Labute approximate surface area is 190 Å². The number of benzene rings is 3. The second-order valence-electron chi connectivity index (χ2n) is 7.00. The molecule has 0 aliphatic rings. The van der Waals surface area contributed by atoms with Crippen molar-refractivity contribution in [2.45, 2.75) is 13.8 Å². The standard InChI is InChI=1S/2C10H9O2.C6H5.Bi/c2*1-8(2)10(11)12-9-6-4-3-5-7-9;1-2-4-6-5-3-1;/h2*4-7H,1H2,2H3;1-5H;. The third kappa shape index (κ3) is 5.99. The zero-order valence-corrected chi connectivity index (χ0v) is 21.0. The average molecular weight is 608 g/mol. The molecule has 0 aliphatic heterocycles. The summed E-state index contributed by atoms with van der Waals surface area (Å²) in [7, 11) is 0. The molecule has 3 rings (SSSR count). The van der Waals surface area contributed by atoms with Crippen LogP contribution in [0.4, 0.5) is 0 Å². The van der Waals surface area contributed by atoms with Crippen LogP contribution in [0.1, 0.15) is 13.8 Å². The summed E-state index contributed by atoms with van der Waals surface area (Å²) < 4.78 is 14.4. The summed E-state index contributed by atoms with van der Waals surface area (Å²) in [6.07, 6.45) is 0. The van der Waals surface area contributed by atoms with Gasteiger partial charge in [0.15, 0.2) is 0 Å². The SMILES string of the molecule is C=C(C)C(=O)Oc1cc[c]([Bi]([c]2ccccc2)[c]2ccc(OC(=O)C(=C)C)cc2)cc1. The molecule has 0 unspecified atom stereocenters. The van der Waals surface area contributed by atoms with Crippen molar-refractivity contribution in [2.75, 3.05) is 0 Å². The molecule has 0 aliphatic carbocycles. The molecule has 0 N–H and O–H groups in total. The molecule has 0 atom stereocenters. The summed E-state index contributed by atoms with van der Waals surface area (Å²) in [6.45, 7) is 10.5. The third-order valence-electron chi connectivity index (χ3n) is 4.32. The Morgan fingerprint density at radius 3 is 1.32 bits per heavy atom. The first kappa shape index (κ1) is 22.6. The topological polar surface area (TPSA) is 52.6 Å². The number of hydrogen-bond donors (Lipinski definition) is 0. The van der Waals surface area contributed by atoms with Crippen LogP contribution in [0.2, 0.25) is 0 Å². The minimum atomic E-state index is -2.59. The Kier molecular flexibility index (Phi) is 7.54. The van der Waals surface area contributed by atoms with Gasteiger partial charge in [0.2, 0.25) is 0 Å².